The summed E-state index contributed by atoms with van der Waals surface area (Å²) in [6.45, 7) is 4.67. The van der Waals surface area contributed by atoms with Crippen molar-refractivity contribution in [2.75, 3.05) is 19.6 Å². The van der Waals surface area contributed by atoms with Gasteiger partial charge >= 0.3 is 0 Å². The highest BCUT2D eigenvalue weighted by Crippen LogP contribution is 2.22. The van der Waals surface area contributed by atoms with Crippen molar-refractivity contribution in [2.24, 2.45) is 0 Å². The van der Waals surface area contributed by atoms with Gasteiger partial charge in [0.15, 0.2) is 0 Å². The van der Waals surface area contributed by atoms with Crippen molar-refractivity contribution >= 4 is 5.91 Å². The number of hydrogen-bond donors (Lipinski definition) is 2. The van der Waals surface area contributed by atoms with Crippen LogP contribution in [0.25, 0.3) is 0 Å². The predicted molar refractivity (Wildman–Crippen MR) is 74.0 cm³/mol. The van der Waals surface area contributed by atoms with Gasteiger partial charge in [-0.3, -0.25) is 4.79 Å². The topological polar surface area (TPSA) is 41.1 Å². The number of carbonyl (C=O) groups is 1. The third-order valence-electron chi connectivity index (χ3n) is 3.37. The molecule has 1 aliphatic carbocycles. The maximum atomic E-state index is 11.9. The number of carbonyl (C=O) groups excluding carboxylic acids is 1. The summed E-state index contributed by atoms with van der Waals surface area (Å²) in [4.78, 5) is 11.9. The molecule has 2 rings (SSSR count). The summed E-state index contributed by atoms with van der Waals surface area (Å²) in [5.41, 5.74) is 3.56. The Hall–Kier alpha value is -1.35. The minimum absolute atomic E-state index is 0.0444. The summed E-state index contributed by atoms with van der Waals surface area (Å²) in [6.07, 6.45) is 4.63. The van der Waals surface area contributed by atoms with Gasteiger partial charge in [-0.25, -0.2) is 0 Å². The fourth-order valence-electron chi connectivity index (χ4n) is 2.38. The van der Waals surface area contributed by atoms with E-state index < -0.39 is 0 Å². The minimum Gasteiger partial charge on any atom is -0.351 e. The average Bonchev–Trinajstić information content (AvgIpc) is 2.85. The molecule has 1 aromatic carbocycles. The Labute approximate surface area is 109 Å². The number of hydrogen-bond acceptors (Lipinski definition) is 2. The van der Waals surface area contributed by atoms with Crippen LogP contribution in [0.1, 0.15) is 41.3 Å². The summed E-state index contributed by atoms with van der Waals surface area (Å²) < 4.78 is 0. The van der Waals surface area contributed by atoms with Gasteiger partial charge < -0.3 is 10.6 Å². The van der Waals surface area contributed by atoms with Crippen molar-refractivity contribution in [1.29, 1.82) is 0 Å². The van der Waals surface area contributed by atoms with E-state index in [4.69, 9.17) is 0 Å². The maximum absolute atomic E-state index is 11.9. The van der Waals surface area contributed by atoms with Crippen LogP contribution in [0.2, 0.25) is 0 Å². The summed E-state index contributed by atoms with van der Waals surface area (Å²) in [6, 6.07) is 6.10. The Bertz CT molecular complexity index is 415. The largest absolute Gasteiger partial charge is 0.351 e. The molecule has 1 amide bonds. The van der Waals surface area contributed by atoms with Crippen molar-refractivity contribution < 1.29 is 4.79 Å². The molecular formula is C15H22N2O. The average molecular weight is 246 g/mol. The Morgan fingerprint density at radius 2 is 2.00 bits per heavy atom. The van der Waals surface area contributed by atoms with E-state index in [1.54, 1.807) is 0 Å². The zero-order valence-electron chi connectivity index (χ0n) is 11.1. The highest BCUT2D eigenvalue weighted by Gasteiger charge is 2.13. The zero-order chi connectivity index (χ0) is 12.8. The molecule has 0 radical (unpaired) electrons. The molecule has 0 aliphatic heterocycles. The monoisotopic (exact) mass is 246 g/mol. The second-order valence-electron chi connectivity index (χ2n) is 4.84. The van der Waals surface area contributed by atoms with Crippen molar-refractivity contribution in [3.63, 3.8) is 0 Å². The molecule has 0 bridgehead atoms. The minimum atomic E-state index is 0.0444. The van der Waals surface area contributed by atoms with Crippen LogP contribution < -0.4 is 10.6 Å². The molecule has 1 aromatic rings. The Morgan fingerprint density at radius 3 is 2.83 bits per heavy atom. The molecule has 0 unspecified atom stereocenters. The van der Waals surface area contributed by atoms with Crippen LogP contribution in [-0.2, 0) is 12.8 Å². The fraction of sp³-hybridized carbons (Fsp3) is 0.533. The first kappa shape index (κ1) is 13.1. The standard InChI is InChI=1S/C15H22N2O/c1-2-8-16-9-10-17-15(18)14-7-6-12-4-3-5-13(12)11-14/h6-7,11,16H,2-5,8-10H2,1H3,(H,17,18). The fourth-order valence-corrected chi connectivity index (χ4v) is 2.38. The first-order valence-electron chi connectivity index (χ1n) is 6.92. The molecule has 18 heavy (non-hydrogen) atoms. The zero-order valence-corrected chi connectivity index (χ0v) is 11.1. The van der Waals surface area contributed by atoms with E-state index >= 15 is 0 Å². The van der Waals surface area contributed by atoms with Gasteiger partial charge in [-0.15, -0.1) is 0 Å². The molecule has 0 saturated carbocycles. The van der Waals surface area contributed by atoms with E-state index in [1.165, 1.54) is 17.5 Å². The molecule has 0 spiro atoms. The molecule has 0 heterocycles. The predicted octanol–water partition coefficient (Wildman–Crippen LogP) is 1.90. The van der Waals surface area contributed by atoms with Gasteiger partial charge in [0.25, 0.3) is 5.91 Å². The van der Waals surface area contributed by atoms with Crippen LogP contribution in [0.4, 0.5) is 0 Å². The van der Waals surface area contributed by atoms with E-state index in [1.807, 2.05) is 6.07 Å². The maximum Gasteiger partial charge on any atom is 0.251 e. The SMILES string of the molecule is CCCNCCNC(=O)c1ccc2c(c1)CCC2. The molecule has 0 fully saturated rings. The number of rotatable bonds is 6. The molecule has 3 heteroatoms. The van der Waals surface area contributed by atoms with Crippen molar-refractivity contribution in [3.05, 3.63) is 34.9 Å². The van der Waals surface area contributed by atoms with Gasteiger partial charge in [0.1, 0.15) is 0 Å². The Kier molecular flexibility index (Phi) is 4.76. The van der Waals surface area contributed by atoms with Gasteiger partial charge in [0.2, 0.25) is 0 Å². The molecule has 1 aliphatic rings. The van der Waals surface area contributed by atoms with Crippen LogP contribution in [0.15, 0.2) is 18.2 Å². The highest BCUT2D eigenvalue weighted by molar-refractivity contribution is 5.94. The molecule has 0 atom stereocenters. The van der Waals surface area contributed by atoms with Crippen LogP contribution in [-0.4, -0.2) is 25.5 Å². The normalized spacial score (nSPS) is 13.4. The van der Waals surface area contributed by atoms with Gasteiger partial charge in [0.05, 0.1) is 0 Å². The first-order chi connectivity index (χ1) is 8.81. The van der Waals surface area contributed by atoms with E-state index in [9.17, 15) is 4.79 Å². The lowest BCUT2D eigenvalue weighted by Gasteiger charge is -2.07. The summed E-state index contributed by atoms with van der Waals surface area (Å²) in [7, 11) is 0. The lowest BCUT2D eigenvalue weighted by molar-refractivity contribution is 0.0954. The van der Waals surface area contributed by atoms with Crippen molar-refractivity contribution in [3.8, 4) is 0 Å². The summed E-state index contributed by atoms with van der Waals surface area (Å²) in [5.74, 6) is 0.0444. The number of amides is 1. The van der Waals surface area contributed by atoms with Crippen LogP contribution in [0.5, 0.6) is 0 Å². The first-order valence-corrected chi connectivity index (χ1v) is 6.92. The Balaban J connectivity index is 1.82. The summed E-state index contributed by atoms with van der Waals surface area (Å²) in [5, 5.41) is 6.22. The molecule has 3 nitrogen and oxygen atoms in total. The lowest BCUT2D eigenvalue weighted by Crippen LogP contribution is -2.32. The van der Waals surface area contributed by atoms with Gasteiger partial charge in [-0.05, 0) is 55.5 Å². The van der Waals surface area contributed by atoms with Crippen molar-refractivity contribution in [2.45, 2.75) is 32.6 Å². The second kappa shape index (κ2) is 6.55. The molecular weight excluding hydrogens is 224 g/mol. The molecule has 98 valence electrons. The smallest absolute Gasteiger partial charge is 0.251 e. The number of aryl methyl sites for hydroxylation is 2. The van der Waals surface area contributed by atoms with E-state index in [2.05, 4.69) is 29.7 Å². The molecule has 0 aromatic heterocycles. The Morgan fingerprint density at radius 1 is 1.17 bits per heavy atom. The molecule has 0 saturated heterocycles. The number of fused-ring (bicyclic) bond motifs is 1. The van der Waals surface area contributed by atoms with Gasteiger partial charge in [-0.1, -0.05) is 13.0 Å². The lowest BCUT2D eigenvalue weighted by atomic mass is 10.1. The van der Waals surface area contributed by atoms with Crippen LogP contribution in [0, 0.1) is 0 Å². The van der Waals surface area contributed by atoms with E-state index in [-0.39, 0.29) is 5.91 Å². The molecule has 2 N–H and O–H groups in total. The number of nitrogens with one attached hydrogen (secondary N) is 2. The third kappa shape index (κ3) is 3.33. The highest BCUT2D eigenvalue weighted by atomic mass is 16.1. The van der Waals surface area contributed by atoms with Crippen LogP contribution >= 0.6 is 0 Å². The summed E-state index contributed by atoms with van der Waals surface area (Å²) >= 11 is 0. The van der Waals surface area contributed by atoms with Crippen LogP contribution in [0.3, 0.4) is 0 Å². The second-order valence-corrected chi connectivity index (χ2v) is 4.84. The quantitative estimate of drug-likeness (QED) is 0.753. The van der Waals surface area contributed by atoms with E-state index in [0.29, 0.717) is 6.54 Å². The van der Waals surface area contributed by atoms with Gasteiger partial charge in [-0.2, -0.15) is 0 Å². The third-order valence-corrected chi connectivity index (χ3v) is 3.37. The van der Waals surface area contributed by atoms with E-state index in [0.717, 1.165) is 37.9 Å². The van der Waals surface area contributed by atoms with Crippen molar-refractivity contribution in [1.82, 2.24) is 10.6 Å². The van der Waals surface area contributed by atoms with Gasteiger partial charge in [0, 0.05) is 18.7 Å². The number of benzene rings is 1.